The molecule has 2 aromatic rings. The Bertz CT molecular complexity index is 664. The number of hydrogen-bond donors (Lipinski definition) is 0. The third kappa shape index (κ3) is 4.03. The summed E-state index contributed by atoms with van der Waals surface area (Å²) in [5.41, 5.74) is 0.173. The van der Waals surface area contributed by atoms with E-state index in [1.54, 1.807) is 24.3 Å². The van der Waals surface area contributed by atoms with Crippen LogP contribution in [-0.4, -0.2) is 12.5 Å². The Kier molecular flexibility index (Phi) is 4.93. The fraction of sp³-hybridized carbons (Fsp3) is 0.235. The van der Waals surface area contributed by atoms with E-state index < -0.39 is 11.7 Å². The smallest absolute Gasteiger partial charge is 0.416 e. The van der Waals surface area contributed by atoms with Crippen molar-refractivity contribution >= 4 is 17.3 Å². The van der Waals surface area contributed by atoms with Gasteiger partial charge in [0.25, 0.3) is 0 Å². The van der Waals surface area contributed by atoms with Crippen LogP contribution in [0.4, 0.5) is 24.5 Å². The van der Waals surface area contributed by atoms with E-state index in [1.807, 2.05) is 6.92 Å². The molecule has 0 atom stereocenters. The zero-order valence-corrected chi connectivity index (χ0v) is 12.7. The first kappa shape index (κ1) is 16.9. The molecule has 0 saturated heterocycles. The molecule has 0 saturated carbocycles. The summed E-state index contributed by atoms with van der Waals surface area (Å²) in [7, 11) is 0. The molecule has 0 spiro atoms. The molecule has 0 aliphatic carbocycles. The van der Waals surface area contributed by atoms with Crippen LogP contribution in [-0.2, 0) is 11.0 Å². The molecule has 6 heteroatoms. The van der Waals surface area contributed by atoms with Crippen molar-refractivity contribution < 1.29 is 22.7 Å². The quantitative estimate of drug-likeness (QED) is 0.810. The number of rotatable bonds is 4. The number of anilines is 2. The lowest BCUT2D eigenvalue weighted by Gasteiger charge is -2.22. The normalized spacial score (nSPS) is 11.2. The van der Waals surface area contributed by atoms with E-state index >= 15 is 0 Å². The summed E-state index contributed by atoms with van der Waals surface area (Å²) in [5, 5.41) is 0. The Morgan fingerprint density at radius 3 is 1.87 bits per heavy atom. The molecule has 0 fully saturated rings. The van der Waals surface area contributed by atoms with Crippen molar-refractivity contribution in [3.05, 3.63) is 54.1 Å². The van der Waals surface area contributed by atoms with Gasteiger partial charge in [-0.15, -0.1) is 0 Å². The first-order valence-corrected chi connectivity index (χ1v) is 7.03. The number of nitrogens with zero attached hydrogens (tertiary/aromatic N) is 1. The van der Waals surface area contributed by atoms with Crippen LogP contribution in [0.3, 0.4) is 0 Å². The summed E-state index contributed by atoms with van der Waals surface area (Å²) in [6.07, 6.45) is -4.40. The highest BCUT2D eigenvalue weighted by atomic mass is 19.4. The van der Waals surface area contributed by atoms with Gasteiger partial charge in [-0.1, -0.05) is 0 Å². The maximum atomic E-state index is 12.6. The summed E-state index contributed by atoms with van der Waals surface area (Å²) in [5.74, 6) is 0.362. The first-order valence-electron chi connectivity index (χ1n) is 7.03. The predicted molar refractivity (Wildman–Crippen MR) is 81.9 cm³/mol. The number of halogens is 3. The van der Waals surface area contributed by atoms with Gasteiger partial charge in [0.05, 0.1) is 12.2 Å². The van der Waals surface area contributed by atoms with E-state index in [1.165, 1.54) is 24.0 Å². The average molecular weight is 323 g/mol. The van der Waals surface area contributed by atoms with Crippen molar-refractivity contribution in [3.8, 4) is 5.75 Å². The highest BCUT2D eigenvalue weighted by molar-refractivity contribution is 5.99. The van der Waals surface area contributed by atoms with Gasteiger partial charge in [-0.3, -0.25) is 9.69 Å². The van der Waals surface area contributed by atoms with Crippen LogP contribution < -0.4 is 9.64 Å². The van der Waals surface area contributed by atoms with Gasteiger partial charge in [-0.05, 0) is 55.5 Å². The molecular weight excluding hydrogens is 307 g/mol. The van der Waals surface area contributed by atoms with Crippen LogP contribution in [0.25, 0.3) is 0 Å². The molecule has 0 bridgehead atoms. The number of carbonyl (C=O) groups is 1. The van der Waals surface area contributed by atoms with Crippen LogP contribution in [0.2, 0.25) is 0 Å². The minimum absolute atomic E-state index is 0.297. The van der Waals surface area contributed by atoms with E-state index in [0.717, 1.165) is 12.1 Å². The highest BCUT2D eigenvalue weighted by Crippen LogP contribution is 2.33. The molecule has 0 radical (unpaired) electrons. The SMILES string of the molecule is CCOc1ccc(N(C(C)=O)c2ccc(C(F)(F)F)cc2)cc1. The van der Waals surface area contributed by atoms with Crippen LogP contribution in [0.5, 0.6) is 5.75 Å². The van der Waals surface area contributed by atoms with E-state index in [-0.39, 0.29) is 5.91 Å². The van der Waals surface area contributed by atoms with Crippen molar-refractivity contribution in [1.82, 2.24) is 0 Å². The standard InChI is InChI=1S/C17H16F3NO2/c1-3-23-16-10-8-15(9-11-16)21(12(2)22)14-6-4-13(5-7-14)17(18,19)20/h4-11H,3H2,1-2H3. The fourth-order valence-electron chi connectivity index (χ4n) is 2.17. The second kappa shape index (κ2) is 6.73. The summed E-state index contributed by atoms with van der Waals surface area (Å²) in [4.78, 5) is 13.3. The average Bonchev–Trinajstić information content (AvgIpc) is 2.49. The van der Waals surface area contributed by atoms with Gasteiger partial charge in [0.2, 0.25) is 5.91 Å². The van der Waals surface area contributed by atoms with E-state index in [4.69, 9.17) is 4.74 Å². The molecule has 1 amide bonds. The Labute approximate surface area is 132 Å². The van der Waals surface area contributed by atoms with Gasteiger partial charge in [-0.2, -0.15) is 13.2 Å². The maximum Gasteiger partial charge on any atom is 0.416 e. The van der Waals surface area contributed by atoms with E-state index in [9.17, 15) is 18.0 Å². The van der Waals surface area contributed by atoms with Gasteiger partial charge in [0.1, 0.15) is 5.75 Å². The van der Waals surface area contributed by atoms with Gasteiger partial charge in [0.15, 0.2) is 0 Å². The van der Waals surface area contributed by atoms with Crippen molar-refractivity contribution in [1.29, 1.82) is 0 Å². The molecule has 3 nitrogen and oxygen atoms in total. The fourth-order valence-corrected chi connectivity index (χ4v) is 2.17. The number of ether oxygens (including phenoxy) is 1. The largest absolute Gasteiger partial charge is 0.494 e. The van der Waals surface area contributed by atoms with Crippen molar-refractivity contribution in [2.45, 2.75) is 20.0 Å². The Morgan fingerprint density at radius 2 is 1.48 bits per heavy atom. The molecular formula is C17H16F3NO2. The van der Waals surface area contributed by atoms with Crippen LogP contribution in [0, 0.1) is 0 Å². The van der Waals surface area contributed by atoms with Crippen LogP contribution in [0.1, 0.15) is 19.4 Å². The molecule has 0 aliphatic heterocycles. The van der Waals surface area contributed by atoms with Crippen molar-refractivity contribution in [2.24, 2.45) is 0 Å². The molecule has 0 aliphatic rings. The first-order chi connectivity index (χ1) is 10.8. The van der Waals surface area contributed by atoms with E-state index in [0.29, 0.717) is 23.7 Å². The van der Waals surface area contributed by atoms with Gasteiger partial charge in [0, 0.05) is 18.3 Å². The summed E-state index contributed by atoms with van der Waals surface area (Å²) in [6.45, 7) is 3.74. The van der Waals surface area contributed by atoms with Crippen molar-refractivity contribution in [2.75, 3.05) is 11.5 Å². The summed E-state index contributed by atoms with van der Waals surface area (Å²) in [6, 6.07) is 11.3. The molecule has 0 N–H and O–H groups in total. The van der Waals surface area contributed by atoms with Crippen LogP contribution >= 0.6 is 0 Å². The number of carbonyl (C=O) groups excluding carboxylic acids is 1. The monoisotopic (exact) mass is 323 g/mol. The second-order valence-corrected chi connectivity index (χ2v) is 4.83. The van der Waals surface area contributed by atoms with E-state index in [2.05, 4.69) is 0 Å². The third-order valence-electron chi connectivity index (χ3n) is 3.17. The van der Waals surface area contributed by atoms with Gasteiger partial charge < -0.3 is 4.74 Å². The number of hydrogen-bond acceptors (Lipinski definition) is 2. The Morgan fingerprint density at radius 1 is 1.00 bits per heavy atom. The molecule has 122 valence electrons. The summed E-state index contributed by atoms with van der Waals surface area (Å²) < 4.78 is 43.2. The van der Waals surface area contributed by atoms with Gasteiger partial charge >= 0.3 is 6.18 Å². The molecule has 0 heterocycles. The minimum Gasteiger partial charge on any atom is -0.494 e. The Balaban J connectivity index is 2.33. The number of amides is 1. The van der Waals surface area contributed by atoms with Gasteiger partial charge in [-0.25, -0.2) is 0 Å². The minimum atomic E-state index is -4.40. The topological polar surface area (TPSA) is 29.5 Å². The lowest BCUT2D eigenvalue weighted by atomic mass is 10.1. The number of alkyl halides is 3. The lowest BCUT2D eigenvalue weighted by molar-refractivity contribution is -0.137. The zero-order valence-electron chi connectivity index (χ0n) is 12.7. The molecule has 2 aromatic carbocycles. The van der Waals surface area contributed by atoms with Crippen molar-refractivity contribution in [3.63, 3.8) is 0 Å². The molecule has 23 heavy (non-hydrogen) atoms. The predicted octanol–water partition coefficient (Wildman–Crippen LogP) is 4.79. The highest BCUT2D eigenvalue weighted by Gasteiger charge is 2.30. The number of benzene rings is 2. The zero-order chi connectivity index (χ0) is 17.0. The maximum absolute atomic E-state index is 12.6. The summed E-state index contributed by atoms with van der Waals surface area (Å²) >= 11 is 0. The lowest BCUT2D eigenvalue weighted by Crippen LogP contribution is -2.22. The second-order valence-electron chi connectivity index (χ2n) is 4.83. The molecule has 2 rings (SSSR count). The molecule has 0 aromatic heterocycles. The molecule has 0 unspecified atom stereocenters. The van der Waals surface area contributed by atoms with Crippen LogP contribution in [0.15, 0.2) is 48.5 Å². The third-order valence-corrected chi connectivity index (χ3v) is 3.17. The Hall–Kier alpha value is -2.50.